The van der Waals surface area contributed by atoms with E-state index in [2.05, 4.69) is 45.4 Å². The number of likely N-dealkylation sites (tertiary alicyclic amines) is 2. The van der Waals surface area contributed by atoms with Crippen LogP contribution in [-0.4, -0.2) is 55.0 Å². The average Bonchev–Trinajstić information content (AvgIpc) is 3.13. The summed E-state index contributed by atoms with van der Waals surface area (Å²) in [6.07, 6.45) is 5.75. The molecule has 0 aliphatic carbocycles. The number of carbonyl (C=O) groups is 1. The monoisotopic (exact) mass is 329 g/mol. The first kappa shape index (κ1) is 17.4. The highest BCUT2D eigenvalue weighted by molar-refractivity contribution is 5.78. The molecule has 2 aliphatic rings. The first-order valence-corrected chi connectivity index (χ1v) is 9.57. The summed E-state index contributed by atoms with van der Waals surface area (Å²) < 4.78 is 0. The van der Waals surface area contributed by atoms with Crippen molar-refractivity contribution in [3.05, 3.63) is 35.9 Å². The molecule has 4 heteroatoms. The third-order valence-electron chi connectivity index (χ3n) is 5.36. The Morgan fingerprint density at radius 2 is 1.71 bits per heavy atom. The molecule has 2 saturated heterocycles. The van der Waals surface area contributed by atoms with Crippen LogP contribution in [0.3, 0.4) is 0 Å². The maximum Gasteiger partial charge on any atom is 0.223 e. The highest BCUT2D eigenvalue weighted by Crippen LogP contribution is 2.19. The lowest BCUT2D eigenvalue weighted by Gasteiger charge is -2.31. The van der Waals surface area contributed by atoms with Crippen molar-refractivity contribution in [1.29, 1.82) is 0 Å². The smallest absolute Gasteiger partial charge is 0.223 e. The number of nitrogens with one attached hydrogen (secondary N) is 1. The summed E-state index contributed by atoms with van der Waals surface area (Å²) in [7, 11) is 0. The van der Waals surface area contributed by atoms with Crippen molar-refractivity contribution in [3.63, 3.8) is 0 Å². The highest BCUT2D eigenvalue weighted by Gasteiger charge is 2.24. The van der Waals surface area contributed by atoms with Crippen LogP contribution >= 0.6 is 0 Å². The Kier molecular flexibility index (Phi) is 6.67. The molecule has 1 aromatic rings. The summed E-state index contributed by atoms with van der Waals surface area (Å²) in [6.45, 7) is 7.52. The largest absolute Gasteiger partial charge is 0.356 e. The number of benzene rings is 1. The van der Waals surface area contributed by atoms with E-state index in [1.165, 1.54) is 31.5 Å². The van der Waals surface area contributed by atoms with Gasteiger partial charge in [-0.2, -0.15) is 0 Å². The van der Waals surface area contributed by atoms with E-state index in [-0.39, 0.29) is 11.8 Å². The van der Waals surface area contributed by atoms with Crippen LogP contribution < -0.4 is 5.32 Å². The maximum atomic E-state index is 12.3. The van der Waals surface area contributed by atoms with E-state index in [1.54, 1.807) is 0 Å². The Labute approximate surface area is 146 Å². The van der Waals surface area contributed by atoms with Crippen molar-refractivity contribution in [1.82, 2.24) is 15.1 Å². The Morgan fingerprint density at radius 1 is 1.00 bits per heavy atom. The highest BCUT2D eigenvalue weighted by atomic mass is 16.1. The number of rotatable bonds is 7. The van der Waals surface area contributed by atoms with Gasteiger partial charge in [0.25, 0.3) is 0 Å². The lowest BCUT2D eigenvalue weighted by molar-refractivity contribution is -0.126. The second kappa shape index (κ2) is 9.19. The third-order valence-corrected chi connectivity index (χ3v) is 5.36. The zero-order chi connectivity index (χ0) is 16.6. The quantitative estimate of drug-likeness (QED) is 0.781. The van der Waals surface area contributed by atoms with Crippen molar-refractivity contribution in [3.8, 4) is 0 Å². The minimum atomic E-state index is 0.212. The Bertz CT molecular complexity index is 491. The van der Waals surface area contributed by atoms with Gasteiger partial charge in [0, 0.05) is 19.0 Å². The fourth-order valence-corrected chi connectivity index (χ4v) is 3.86. The van der Waals surface area contributed by atoms with E-state index in [1.807, 2.05) is 0 Å². The molecule has 3 rings (SSSR count). The minimum absolute atomic E-state index is 0.212. The summed E-state index contributed by atoms with van der Waals surface area (Å²) in [6, 6.07) is 10.6. The van der Waals surface area contributed by atoms with Crippen LogP contribution in [0.4, 0.5) is 0 Å². The molecule has 2 fully saturated rings. The van der Waals surface area contributed by atoms with Crippen LogP contribution in [0.5, 0.6) is 0 Å². The van der Waals surface area contributed by atoms with Gasteiger partial charge in [0.1, 0.15) is 0 Å². The molecule has 24 heavy (non-hydrogen) atoms. The van der Waals surface area contributed by atoms with Gasteiger partial charge < -0.3 is 10.2 Å². The van der Waals surface area contributed by atoms with Crippen molar-refractivity contribution in [2.45, 2.75) is 38.6 Å². The van der Waals surface area contributed by atoms with Gasteiger partial charge in [-0.3, -0.25) is 9.69 Å². The zero-order valence-electron chi connectivity index (χ0n) is 14.8. The summed E-state index contributed by atoms with van der Waals surface area (Å²) in [5, 5.41) is 3.16. The van der Waals surface area contributed by atoms with E-state index in [9.17, 15) is 4.79 Å². The molecule has 1 amide bonds. The molecule has 0 aromatic heterocycles. The molecular weight excluding hydrogens is 298 g/mol. The molecule has 1 N–H and O–H groups in total. The summed E-state index contributed by atoms with van der Waals surface area (Å²) >= 11 is 0. The van der Waals surface area contributed by atoms with Crippen molar-refractivity contribution in [2.24, 2.45) is 5.92 Å². The van der Waals surface area contributed by atoms with Gasteiger partial charge in [-0.25, -0.2) is 0 Å². The maximum absolute atomic E-state index is 12.3. The van der Waals surface area contributed by atoms with Crippen LogP contribution in [-0.2, 0) is 11.3 Å². The van der Waals surface area contributed by atoms with E-state index in [4.69, 9.17) is 0 Å². The second-order valence-electron chi connectivity index (χ2n) is 7.23. The standard InChI is InChI=1S/C20H31N3O/c24-20(21-11-6-14-22-12-4-5-13-22)19-9-15-23(16-10-19)17-18-7-2-1-3-8-18/h1-3,7-8,19H,4-6,9-17H2,(H,21,24). The van der Waals surface area contributed by atoms with Crippen LogP contribution in [0.25, 0.3) is 0 Å². The zero-order valence-corrected chi connectivity index (χ0v) is 14.8. The Hall–Kier alpha value is -1.39. The van der Waals surface area contributed by atoms with Crippen molar-refractivity contribution in [2.75, 3.05) is 39.3 Å². The molecule has 0 spiro atoms. The first-order chi connectivity index (χ1) is 11.8. The molecule has 2 heterocycles. The van der Waals surface area contributed by atoms with E-state index in [0.717, 1.165) is 52.0 Å². The predicted octanol–water partition coefficient (Wildman–Crippen LogP) is 2.50. The van der Waals surface area contributed by atoms with Crippen molar-refractivity contribution < 1.29 is 4.79 Å². The van der Waals surface area contributed by atoms with Crippen LogP contribution in [0, 0.1) is 5.92 Å². The second-order valence-corrected chi connectivity index (χ2v) is 7.23. The summed E-state index contributed by atoms with van der Waals surface area (Å²) in [5.74, 6) is 0.486. The number of piperidine rings is 1. The molecule has 0 bridgehead atoms. The number of carbonyl (C=O) groups excluding carboxylic acids is 1. The van der Waals surface area contributed by atoms with Crippen LogP contribution in [0.15, 0.2) is 30.3 Å². The Balaban J connectivity index is 1.30. The van der Waals surface area contributed by atoms with Gasteiger partial charge in [-0.1, -0.05) is 30.3 Å². The lowest BCUT2D eigenvalue weighted by Crippen LogP contribution is -2.40. The number of hydrogen-bond donors (Lipinski definition) is 1. The SMILES string of the molecule is O=C(NCCCN1CCCC1)C1CCN(Cc2ccccc2)CC1. The van der Waals surface area contributed by atoms with Gasteiger partial charge in [0.2, 0.25) is 5.91 Å². The van der Waals surface area contributed by atoms with Gasteiger partial charge in [-0.15, -0.1) is 0 Å². The van der Waals surface area contributed by atoms with Crippen LogP contribution in [0.1, 0.15) is 37.7 Å². The molecule has 132 valence electrons. The molecule has 0 atom stereocenters. The molecule has 0 unspecified atom stereocenters. The summed E-state index contributed by atoms with van der Waals surface area (Å²) in [4.78, 5) is 17.3. The van der Waals surface area contributed by atoms with Gasteiger partial charge in [-0.05, 0) is 70.4 Å². The van der Waals surface area contributed by atoms with Gasteiger partial charge in [0.15, 0.2) is 0 Å². The normalized spacial score (nSPS) is 20.3. The number of nitrogens with zero attached hydrogens (tertiary/aromatic N) is 2. The minimum Gasteiger partial charge on any atom is -0.356 e. The van der Waals surface area contributed by atoms with Crippen LogP contribution in [0.2, 0.25) is 0 Å². The first-order valence-electron chi connectivity index (χ1n) is 9.57. The lowest BCUT2D eigenvalue weighted by atomic mass is 9.95. The number of hydrogen-bond acceptors (Lipinski definition) is 3. The topological polar surface area (TPSA) is 35.6 Å². The predicted molar refractivity (Wildman–Crippen MR) is 97.7 cm³/mol. The average molecular weight is 329 g/mol. The van der Waals surface area contributed by atoms with E-state index < -0.39 is 0 Å². The fourth-order valence-electron chi connectivity index (χ4n) is 3.86. The van der Waals surface area contributed by atoms with Crippen molar-refractivity contribution >= 4 is 5.91 Å². The fraction of sp³-hybridized carbons (Fsp3) is 0.650. The third kappa shape index (κ3) is 5.32. The van der Waals surface area contributed by atoms with Gasteiger partial charge in [0.05, 0.1) is 0 Å². The molecule has 2 aliphatic heterocycles. The molecular formula is C20H31N3O. The Morgan fingerprint density at radius 3 is 2.42 bits per heavy atom. The molecule has 4 nitrogen and oxygen atoms in total. The molecule has 0 saturated carbocycles. The molecule has 0 radical (unpaired) electrons. The summed E-state index contributed by atoms with van der Waals surface area (Å²) in [5.41, 5.74) is 1.36. The van der Waals surface area contributed by atoms with E-state index in [0.29, 0.717) is 0 Å². The van der Waals surface area contributed by atoms with E-state index >= 15 is 0 Å². The molecule has 1 aromatic carbocycles. The number of amides is 1. The van der Waals surface area contributed by atoms with Gasteiger partial charge >= 0.3 is 0 Å².